The van der Waals surface area contributed by atoms with Gasteiger partial charge in [0.15, 0.2) is 0 Å². The van der Waals surface area contributed by atoms with Crippen LogP contribution < -0.4 is 0 Å². The van der Waals surface area contributed by atoms with Crippen molar-refractivity contribution in [2.45, 2.75) is 46.0 Å². The van der Waals surface area contributed by atoms with E-state index < -0.39 is 0 Å². The molecule has 2 fully saturated rings. The highest BCUT2D eigenvalue weighted by Crippen LogP contribution is 2.75. The Morgan fingerprint density at radius 2 is 2.00 bits per heavy atom. The Balaban J connectivity index is 2.06. The molecular formula is C9H16. The lowest BCUT2D eigenvalue weighted by Gasteiger charge is -2.30. The summed E-state index contributed by atoms with van der Waals surface area (Å²) in [7, 11) is 0. The fourth-order valence-corrected chi connectivity index (χ4v) is 2.59. The van der Waals surface area contributed by atoms with Gasteiger partial charge in [-0.05, 0) is 30.1 Å². The molecule has 9 heavy (non-hydrogen) atoms. The first-order valence-electron chi connectivity index (χ1n) is 4.22. The molecule has 0 radical (unpaired) electrons. The maximum absolute atomic E-state index is 2.46. The fraction of sp³-hybridized carbons (Fsp3) is 1.00. The summed E-state index contributed by atoms with van der Waals surface area (Å²) < 4.78 is 0. The predicted octanol–water partition coefficient (Wildman–Crippen LogP) is 2.98. The van der Waals surface area contributed by atoms with Crippen LogP contribution in [-0.4, -0.2) is 0 Å². The third-order valence-electron chi connectivity index (χ3n) is 3.97. The molecule has 0 aromatic carbocycles. The first-order valence-corrected chi connectivity index (χ1v) is 4.22. The van der Waals surface area contributed by atoms with Crippen molar-refractivity contribution in [1.82, 2.24) is 0 Å². The van der Waals surface area contributed by atoms with Crippen LogP contribution in [0.4, 0.5) is 0 Å². The molecule has 0 aromatic heterocycles. The molecule has 0 bridgehead atoms. The molecule has 0 saturated heterocycles. The van der Waals surface area contributed by atoms with Gasteiger partial charge in [-0.25, -0.2) is 0 Å². The van der Waals surface area contributed by atoms with Crippen LogP contribution in [0.25, 0.3) is 0 Å². The monoisotopic (exact) mass is 124 g/mol. The zero-order valence-electron chi connectivity index (χ0n) is 6.54. The average Bonchev–Trinajstić information content (AvgIpc) is 2.38. The van der Waals surface area contributed by atoms with Crippen LogP contribution in [0, 0.1) is 10.8 Å². The van der Waals surface area contributed by atoms with Gasteiger partial charge in [-0.1, -0.05) is 26.7 Å². The van der Waals surface area contributed by atoms with Crippen molar-refractivity contribution in [1.29, 1.82) is 0 Å². The molecule has 0 aromatic rings. The van der Waals surface area contributed by atoms with Crippen molar-refractivity contribution in [2.75, 3.05) is 0 Å². The molecule has 0 aliphatic heterocycles. The quantitative estimate of drug-likeness (QED) is 0.504. The van der Waals surface area contributed by atoms with Crippen molar-refractivity contribution >= 4 is 0 Å². The lowest BCUT2D eigenvalue weighted by Crippen LogP contribution is -2.19. The minimum Gasteiger partial charge on any atom is -0.0648 e. The summed E-state index contributed by atoms with van der Waals surface area (Å²) in [4.78, 5) is 0. The van der Waals surface area contributed by atoms with Gasteiger partial charge in [0.05, 0.1) is 0 Å². The minimum absolute atomic E-state index is 0.783. The SMILES string of the molecule is CCC1(C)CC12CCC2. The summed E-state index contributed by atoms with van der Waals surface area (Å²) in [5, 5.41) is 0. The van der Waals surface area contributed by atoms with Gasteiger partial charge in [0, 0.05) is 0 Å². The number of rotatable bonds is 1. The van der Waals surface area contributed by atoms with Crippen LogP contribution in [0.3, 0.4) is 0 Å². The van der Waals surface area contributed by atoms with Gasteiger partial charge in [0.2, 0.25) is 0 Å². The summed E-state index contributed by atoms with van der Waals surface area (Å²) in [5.74, 6) is 0. The van der Waals surface area contributed by atoms with Crippen molar-refractivity contribution in [3.8, 4) is 0 Å². The fourth-order valence-electron chi connectivity index (χ4n) is 2.59. The summed E-state index contributed by atoms with van der Waals surface area (Å²) in [6.45, 7) is 4.80. The second kappa shape index (κ2) is 1.36. The minimum atomic E-state index is 0.783. The van der Waals surface area contributed by atoms with Gasteiger partial charge in [-0.15, -0.1) is 0 Å². The number of hydrogen-bond donors (Lipinski definition) is 0. The topological polar surface area (TPSA) is 0 Å². The molecule has 2 aliphatic rings. The number of hydrogen-bond acceptors (Lipinski definition) is 0. The largest absolute Gasteiger partial charge is 0.0648 e. The first kappa shape index (κ1) is 5.76. The zero-order chi connectivity index (χ0) is 6.54. The molecule has 2 aliphatic carbocycles. The van der Waals surface area contributed by atoms with Gasteiger partial charge < -0.3 is 0 Å². The Labute approximate surface area is 57.6 Å². The van der Waals surface area contributed by atoms with E-state index in [0.717, 1.165) is 10.8 Å². The first-order chi connectivity index (χ1) is 4.22. The van der Waals surface area contributed by atoms with E-state index in [1.54, 1.807) is 0 Å². The van der Waals surface area contributed by atoms with Crippen LogP contribution >= 0.6 is 0 Å². The van der Waals surface area contributed by atoms with E-state index in [1.165, 1.54) is 32.1 Å². The summed E-state index contributed by atoms with van der Waals surface area (Å²) in [6, 6.07) is 0. The van der Waals surface area contributed by atoms with E-state index in [9.17, 15) is 0 Å². The van der Waals surface area contributed by atoms with E-state index in [1.807, 2.05) is 0 Å². The Bertz CT molecular complexity index is 125. The second-order valence-corrected chi connectivity index (χ2v) is 4.22. The van der Waals surface area contributed by atoms with E-state index in [0.29, 0.717) is 0 Å². The van der Waals surface area contributed by atoms with Crippen LogP contribution in [0.2, 0.25) is 0 Å². The van der Waals surface area contributed by atoms with Crippen LogP contribution in [0.15, 0.2) is 0 Å². The molecule has 1 spiro atoms. The third-order valence-corrected chi connectivity index (χ3v) is 3.97. The maximum atomic E-state index is 2.46. The van der Waals surface area contributed by atoms with Crippen molar-refractivity contribution in [3.63, 3.8) is 0 Å². The van der Waals surface area contributed by atoms with E-state index in [4.69, 9.17) is 0 Å². The van der Waals surface area contributed by atoms with Gasteiger partial charge >= 0.3 is 0 Å². The molecular weight excluding hydrogens is 108 g/mol. The van der Waals surface area contributed by atoms with Crippen molar-refractivity contribution < 1.29 is 0 Å². The molecule has 2 saturated carbocycles. The van der Waals surface area contributed by atoms with Crippen LogP contribution in [-0.2, 0) is 0 Å². The normalized spacial score (nSPS) is 44.7. The van der Waals surface area contributed by atoms with Gasteiger partial charge in [0.1, 0.15) is 0 Å². The third kappa shape index (κ3) is 0.500. The van der Waals surface area contributed by atoms with E-state index in [2.05, 4.69) is 13.8 Å². The van der Waals surface area contributed by atoms with Gasteiger partial charge in [0.25, 0.3) is 0 Å². The van der Waals surface area contributed by atoms with Crippen molar-refractivity contribution in [2.24, 2.45) is 10.8 Å². The second-order valence-electron chi connectivity index (χ2n) is 4.22. The molecule has 0 N–H and O–H groups in total. The smallest absolute Gasteiger partial charge is 0.0238 e. The molecule has 2 rings (SSSR count). The summed E-state index contributed by atoms with van der Waals surface area (Å²) in [5.41, 5.74) is 1.66. The summed E-state index contributed by atoms with van der Waals surface area (Å²) in [6.07, 6.45) is 7.54. The maximum Gasteiger partial charge on any atom is -0.0238 e. The van der Waals surface area contributed by atoms with Crippen LogP contribution in [0.5, 0.6) is 0 Å². The molecule has 0 nitrogen and oxygen atoms in total. The molecule has 52 valence electrons. The molecule has 1 atom stereocenters. The lowest BCUT2D eigenvalue weighted by atomic mass is 9.75. The Kier molecular flexibility index (Phi) is 0.868. The highest BCUT2D eigenvalue weighted by Gasteiger charge is 2.64. The Morgan fingerprint density at radius 1 is 1.33 bits per heavy atom. The average molecular weight is 124 g/mol. The van der Waals surface area contributed by atoms with Crippen LogP contribution in [0.1, 0.15) is 46.0 Å². The van der Waals surface area contributed by atoms with Gasteiger partial charge in [-0.3, -0.25) is 0 Å². The molecule has 0 amide bonds. The Morgan fingerprint density at radius 3 is 2.11 bits per heavy atom. The highest BCUT2D eigenvalue weighted by molar-refractivity contribution is 5.14. The summed E-state index contributed by atoms with van der Waals surface area (Å²) >= 11 is 0. The molecule has 1 unspecified atom stereocenters. The van der Waals surface area contributed by atoms with E-state index in [-0.39, 0.29) is 0 Å². The predicted molar refractivity (Wildman–Crippen MR) is 39.3 cm³/mol. The Hall–Kier alpha value is 0. The zero-order valence-corrected chi connectivity index (χ0v) is 6.54. The van der Waals surface area contributed by atoms with Crippen molar-refractivity contribution in [3.05, 3.63) is 0 Å². The van der Waals surface area contributed by atoms with Gasteiger partial charge in [-0.2, -0.15) is 0 Å². The highest BCUT2D eigenvalue weighted by atomic mass is 14.7. The lowest BCUT2D eigenvalue weighted by molar-refractivity contribution is 0.207. The van der Waals surface area contributed by atoms with E-state index >= 15 is 0 Å². The molecule has 0 heterocycles. The standard InChI is InChI=1S/C9H16/c1-3-8(2)7-9(8)5-4-6-9/h3-7H2,1-2H3. The molecule has 0 heteroatoms.